The van der Waals surface area contributed by atoms with Crippen LogP contribution in [-0.4, -0.2) is 0 Å². The van der Waals surface area contributed by atoms with Gasteiger partial charge in [0.25, 0.3) is 0 Å². The zero-order chi connectivity index (χ0) is 14.7. The van der Waals surface area contributed by atoms with E-state index in [4.69, 9.17) is 32.2 Å². The Bertz CT molecular complexity index is 566. The van der Waals surface area contributed by atoms with Crippen LogP contribution in [0.5, 0.6) is 11.5 Å². The molecule has 0 aliphatic carbocycles. The summed E-state index contributed by atoms with van der Waals surface area (Å²) in [5, 5.41) is 1.25. The molecule has 2 aromatic rings. The van der Waals surface area contributed by atoms with E-state index in [2.05, 4.69) is 0 Å². The maximum absolute atomic E-state index is 11.8. The molecule has 0 saturated carbocycles. The molecule has 0 aliphatic heterocycles. The molecule has 0 N–H and O–H groups in total. The number of aryl methyl sites for hydroxylation is 2. The number of hydrogen-bond donors (Lipinski definition) is 0. The van der Waals surface area contributed by atoms with Crippen molar-refractivity contribution in [1.29, 1.82) is 0 Å². The highest BCUT2D eigenvalue weighted by Gasteiger charge is 2.05. The van der Waals surface area contributed by atoms with Gasteiger partial charge in [0.1, 0.15) is 11.5 Å². The SMILES string of the molecule is Cc1cc(OP([O-])Oc2ccc(Cl)c(C)c2)ccc1Cl. The van der Waals surface area contributed by atoms with Crippen LogP contribution in [0.15, 0.2) is 36.4 Å². The summed E-state index contributed by atoms with van der Waals surface area (Å²) in [6.45, 7) is 3.68. The van der Waals surface area contributed by atoms with Crippen molar-refractivity contribution in [3.05, 3.63) is 57.6 Å². The van der Waals surface area contributed by atoms with Gasteiger partial charge in [-0.05, 0) is 61.4 Å². The normalized spacial score (nSPS) is 10.7. The number of benzene rings is 2. The van der Waals surface area contributed by atoms with Gasteiger partial charge in [0.05, 0.1) is 0 Å². The van der Waals surface area contributed by atoms with Gasteiger partial charge in [0.2, 0.25) is 8.60 Å². The van der Waals surface area contributed by atoms with Crippen molar-refractivity contribution in [2.45, 2.75) is 13.8 Å². The van der Waals surface area contributed by atoms with E-state index < -0.39 is 8.60 Å². The topological polar surface area (TPSA) is 41.5 Å². The van der Waals surface area contributed by atoms with Crippen LogP contribution in [0.1, 0.15) is 11.1 Å². The van der Waals surface area contributed by atoms with Gasteiger partial charge >= 0.3 is 0 Å². The molecule has 0 aromatic heterocycles. The van der Waals surface area contributed by atoms with Gasteiger partial charge < -0.3 is 13.9 Å². The maximum Gasteiger partial charge on any atom is 0.210 e. The summed E-state index contributed by atoms with van der Waals surface area (Å²) in [6, 6.07) is 10.0. The zero-order valence-corrected chi connectivity index (χ0v) is 13.3. The van der Waals surface area contributed by atoms with Crippen molar-refractivity contribution in [2.75, 3.05) is 0 Å². The molecule has 0 aliphatic rings. The first-order valence-electron chi connectivity index (χ1n) is 5.81. The highest BCUT2D eigenvalue weighted by molar-refractivity contribution is 7.39. The van der Waals surface area contributed by atoms with Gasteiger partial charge in [0, 0.05) is 10.0 Å². The molecule has 0 atom stereocenters. The minimum Gasteiger partial charge on any atom is -0.765 e. The van der Waals surface area contributed by atoms with E-state index in [0.29, 0.717) is 21.5 Å². The van der Waals surface area contributed by atoms with Crippen molar-refractivity contribution >= 4 is 31.8 Å². The summed E-state index contributed by atoms with van der Waals surface area (Å²) in [6.07, 6.45) is 0. The third kappa shape index (κ3) is 4.00. The lowest BCUT2D eigenvalue weighted by Gasteiger charge is -2.23. The number of halogens is 2. The molecular formula is C14H12Cl2O3P-. The van der Waals surface area contributed by atoms with Crippen LogP contribution in [0, 0.1) is 13.8 Å². The van der Waals surface area contributed by atoms with Crippen LogP contribution in [-0.2, 0) is 0 Å². The molecule has 106 valence electrons. The molecule has 0 fully saturated rings. The lowest BCUT2D eigenvalue weighted by atomic mass is 10.2. The molecule has 0 heterocycles. The van der Waals surface area contributed by atoms with Crippen molar-refractivity contribution < 1.29 is 13.9 Å². The molecule has 3 nitrogen and oxygen atoms in total. The lowest BCUT2D eigenvalue weighted by molar-refractivity contribution is -0.189. The second-order valence-corrected chi connectivity index (χ2v) is 5.85. The van der Waals surface area contributed by atoms with Gasteiger partial charge in [-0.25, -0.2) is 0 Å². The molecule has 0 saturated heterocycles. The largest absolute Gasteiger partial charge is 0.765 e. The van der Waals surface area contributed by atoms with Crippen molar-refractivity contribution in [3.63, 3.8) is 0 Å². The molecule has 0 spiro atoms. The Morgan fingerprint density at radius 2 is 1.25 bits per heavy atom. The summed E-state index contributed by atoms with van der Waals surface area (Å²) in [4.78, 5) is 11.8. The van der Waals surface area contributed by atoms with Gasteiger partial charge in [-0.1, -0.05) is 23.2 Å². The zero-order valence-electron chi connectivity index (χ0n) is 10.9. The van der Waals surface area contributed by atoms with Crippen LogP contribution < -0.4 is 13.9 Å². The van der Waals surface area contributed by atoms with Crippen LogP contribution in [0.25, 0.3) is 0 Å². The second kappa shape index (κ2) is 6.64. The predicted octanol–water partition coefficient (Wildman–Crippen LogP) is 4.66. The Kier molecular flexibility index (Phi) is 5.11. The smallest absolute Gasteiger partial charge is 0.210 e. The predicted molar refractivity (Wildman–Crippen MR) is 80.6 cm³/mol. The third-order valence-corrected chi connectivity index (χ3v) is 4.19. The van der Waals surface area contributed by atoms with Gasteiger partial charge in [0.15, 0.2) is 0 Å². The molecule has 0 unspecified atom stereocenters. The van der Waals surface area contributed by atoms with E-state index in [9.17, 15) is 4.89 Å². The molecule has 0 radical (unpaired) electrons. The van der Waals surface area contributed by atoms with E-state index >= 15 is 0 Å². The van der Waals surface area contributed by atoms with Crippen LogP contribution >= 0.6 is 31.8 Å². The summed E-state index contributed by atoms with van der Waals surface area (Å²) in [5.41, 5.74) is 1.69. The average molecular weight is 330 g/mol. The van der Waals surface area contributed by atoms with Crippen LogP contribution in [0.4, 0.5) is 0 Å². The highest BCUT2D eigenvalue weighted by atomic mass is 35.5. The van der Waals surface area contributed by atoms with Gasteiger partial charge in [-0.2, -0.15) is 0 Å². The van der Waals surface area contributed by atoms with Crippen molar-refractivity contribution in [3.8, 4) is 11.5 Å². The highest BCUT2D eigenvalue weighted by Crippen LogP contribution is 2.35. The minimum absolute atomic E-state index is 0.443. The summed E-state index contributed by atoms with van der Waals surface area (Å²) in [5.74, 6) is 0.886. The summed E-state index contributed by atoms with van der Waals surface area (Å²) >= 11 is 11.8. The number of hydrogen-bond acceptors (Lipinski definition) is 3. The van der Waals surface area contributed by atoms with Crippen molar-refractivity contribution in [2.24, 2.45) is 0 Å². The van der Waals surface area contributed by atoms with E-state index in [1.54, 1.807) is 36.4 Å². The minimum atomic E-state index is -2.31. The monoisotopic (exact) mass is 329 g/mol. The van der Waals surface area contributed by atoms with E-state index in [-0.39, 0.29) is 0 Å². The fraction of sp³-hybridized carbons (Fsp3) is 0.143. The van der Waals surface area contributed by atoms with E-state index in [1.807, 2.05) is 13.8 Å². The Hall–Kier alpha value is -0.990. The summed E-state index contributed by atoms with van der Waals surface area (Å²) < 4.78 is 10.4. The first-order valence-corrected chi connectivity index (χ1v) is 7.66. The van der Waals surface area contributed by atoms with Gasteiger partial charge in [-0.15, -0.1) is 0 Å². The fourth-order valence-electron chi connectivity index (χ4n) is 1.54. The molecule has 20 heavy (non-hydrogen) atoms. The third-order valence-electron chi connectivity index (χ3n) is 2.62. The van der Waals surface area contributed by atoms with E-state index in [0.717, 1.165) is 11.1 Å². The fourth-order valence-corrected chi connectivity index (χ4v) is 2.38. The Labute approximate surface area is 129 Å². The average Bonchev–Trinajstić information content (AvgIpc) is 2.38. The Morgan fingerprint density at radius 3 is 1.60 bits per heavy atom. The van der Waals surface area contributed by atoms with Crippen LogP contribution in [0.3, 0.4) is 0 Å². The lowest BCUT2D eigenvalue weighted by Crippen LogP contribution is -2.07. The standard InChI is InChI=1S/C14H12Cl2O3P/c1-9-7-11(3-5-13(9)15)18-20(17)19-12-4-6-14(16)10(2)8-12/h3-8H,1-2H3/q-1. The molecule has 0 bridgehead atoms. The number of rotatable bonds is 4. The molecular weight excluding hydrogens is 318 g/mol. The van der Waals surface area contributed by atoms with Crippen LogP contribution in [0.2, 0.25) is 10.0 Å². The molecule has 2 rings (SSSR count). The van der Waals surface area contributed by atoms with Crippen molar-refractivity contribution in [1.82, 2.24) is 0 Å². The molecule has 2 aromatic carbocycles. The first-order chi connectivity index (χ1) is 9.45. The van der Waals surface area contributed by atoms with Gasteiger partial charge in [-0.3, -0.25) is 0 Å². The Morgan fingerprint density at radius 1 is 0.850 bits per heavy atom. The first kappa shape index (κ1) is 15.4. The quantitative estimate of drug-likeness (QED) is 0.766. The Balaban J connectivity index is 2.02. The van der Waals surface area contributed by atoms with E-state index in [1.165, 1.54) is 0 Å². The molecule has 6 heteroatoms. The molecule has 0 amide bonds. The maximum atomic E-state index is 11.8. The summed E-state index contributed by atoms with van der Waals surface area (Å²) in [7, 11) is -2.31. The second-order valence-electron chi connectivity index (χ2n) is 4.23.